The normalized spacial score (nSPS) is 12.5. The molecule has 0 bridgehead atoms. The largest absolute Gasteiger partial charge is 0.306 e. The summed E-state index contributed by atoms with van der Waals surface area (Å²) in [5.41, 5.74) is 2.27. The molecular formula is C11H16N2. The predicted molar refractivity (Wildman–Crippen MR) is 55.6 cm³/mol. The first kappa shape index (κ1) is 9.93. The van der Waals surface area contributed by atoms with Crippen LogP contribution in [0.2, 0.25) is 0 Å². The molecule has 0 saturated heterocycles. The molecule has 1 N–H and O–H groups in total. The Morgan fingerprint density at radius 1 is 1.69 bits per heavy atom. The lowest BCUT2D eigenvalue weighted by Gasteiger charge is -2.12. The molecule has 0 saturated carbocycles. The van der Waals surface area contributed by atoms with Gasteiger partial charge in [-0.2, -0.15) is 0 Å². The van der Waals surface area contributed by atoms with Crippen LogP contribution >= 0.6 is 0 Å². The van der Waals surface area contributed by atoms with Crippen LogP contribution in [-0.2, 0) is 0 Å². The molecule has 0 fully saturated rings. The fourth-order valence-corrected chi connectivity index (χ4v) is 1.26. The van der Waals surface area contributed by atoms with Crippen LogP contribution < -0.4 is 5.32 Å². The summed E-state index contributed by atoms with van der Waals surface area (Å²) in [4.78, 5) is 4.30. The van der Waals surface area contributed by atoms with Crippen molar-refractivity contribution >= 4 is 0 Å². The van der Waals surface area contributed by atoms with Crippen molar-refractivity contribution in [1.29, 1.82) is 0 Å². The van der Waals surface area contributed by atoms with Crippen LogP contribution in [-0.4, -0.2) is 11.5 Å². The number of hydrogen-bond donors (Lipinski definition) is 1. The third-order valence-electron chi connectivity index (χ3n) is 1.91. The average molecular weight is 176 g/mol. The van der Waals surface area contributed by atoms with Crippen LogP contribution in [0.5, 0.6) is 0 Å². The summed E-state index contributed by atoms with van der Waals surface area (Å²) in [5, 5.41) is 3.30. The second kappa shape index (κ2) is 4.77. The standard InChI is InChI=1S/C11H16N2/c1-4-10(12-5-2)11-8-9(3)6-7-13-11/h4,6-8,10,12H,1,5H2,2-3H3. The fraction of sp³-hybridized carbons (Fsp3) is 0.364. The highest BCUT2D eigenvalue weighted by atomic mass is 14.9. The van der Waals surface area contributed by atoms with Gasteiger partial charge in [-0.15, -0.1) is 6.58 Å². The van der Waals surface area contributed by atoms with Gasteiger partial charge in [-0.25, -0.2) is 0 Å². The van der Waals surface area contributed by atoms with E-state index >= 15 is 0 Å². The lowest BCUT2D eigenvalue weighted by Crippen LogP contribution is -2.19. The minimum atomic E-state index is 0.171. The molecule has 0 aliphatic rings. The third-order valence-corrected chi connectivity index (χ3v) is 1.91. The third kappa shape index (κ3) is 2.67. The van der Waals surface area contributed by atoms with Gasteiger partial charge in [0.15, 0.2) is 0 Å². The minimum Gasteiger partial charge on any atom is -0.306 e. The zero-order chi connectivity index (χ0) is 9.68. The number of likely N-dealkylation sites (N-methyl/N-ethyl adjacent to an activating group) is 1. The summed E-state index contributed by atoms with van der Waals surface area (Å²) in [6.07, 6.45) is 3.71. The minimum absolute atomic E-state index is 0.171. The van der Waals surface area contributed by atoms with Gasteiger partial charge in [-0.1, -0.05) is 13.0 Å². The monoisotopic (exact) mass is 176 g/mol. The van der Waals surface area contributed by atoms with Crippen molar-refractivity contribution in [3.05, 3.63) is 42.2 Å². The molecule has 1 heterocycles. The lowest BCUT2D eigenvalue weighted by molar-refractivity contribution is 0.633. The van der Waals surface area contributed by atoms with Crippen LogP contribution in [0.3, 0.4) is 0 Å². The fourth-order valence-electron chi connectivity index (χ4n) is 1.26. The van der Waals surface area contributed by atoms with E-state index in [4.69, 9.17) is 0 Å². The van der Waals surface area contributed by atoms with Crippen molar-refractivity contribution in [1.82, 2.24) is 10.3 Å². The topological polar surface area (TPSA) is 24.9 Å². The molecule has 13 heavy (non-hydrogen) atoms. The molecule has 1 atom stereocenters. The molecular weight excluding hydrogens is 160 g/mol. The molecule has 1 rings (SSSR count). The maximum absolute atomic E-state index is 4.30. The number of hydrogen-bond acceptors (Lipinski definition) is 2. The molecule has 0 radical (unpaired) electrons. The Hall–Kier alpha value is -1.15. The van der Waals surface area contributed by atoms with Gasteiger partial charge in [0.2, 0.25) is 0 Å². The Morgan fingerprint density at radius 3 is 3.00 bits per heavy atom. The first-order valence-corrected chi connectivity index (χ1v) is 4.56. The average Bonchev–Trinajstić information content (AvgIpc) is 2.14. The van der Waals surface area contributed by atoms with E-state index in [0.29, 0.717) is 0 Å². The van der Waals surface area contributed by atoms with Crippen LogP contribution in [0.1, 0.15) is 24.2 Å². The molecule has 1 aromatic rings. The van der Waals surface area contributed by atoms with Gasteiger partial charge in [0, 0.05) is 6.20 Å². The zero-order valence-electron chi connectivity index (χ0n) is 8.25. The molecule has 0 aromatic carbocycles. The van der Waals surface area contributed by atoms with Gasteiger partial charge in [0.25, 0.3) is 0 Å². The number of nitrogens with zero attached hydrogens (tertiary/aromatic N) is 1. The lowest BCUT2D eigenvalue weighted by atomic mass is 10.1. The van der Waals surface area contributed by atoms with Crippen LogP contribution in [0.15, 0.2) is 31.0 Å². The molecule has 1 aromatic heterocycles. The molecule has 1 unspecified atom stereocenters. The van der Waals surface area contributed by atoms with E-state index in [-0.39, 0.29) is 6.04 Å². The van der Waals surface area contributed by atoms with E-state index in [0.717, 1.165) is 12.2 Å². The summed E-state index contributed by atoms with van der Waals surface area (Å²) < 4.78 is 0. The van der Waals surface area contributed by atoms with Gasteiger partial charge in [-0.05, 0) is 31.2 Å². The Kier molecular flexibility index (Phi) is 3.65. The van der Waals surface area contributed by atoms with Gasteiger partial charge < -0.3 is 5.32 Å². The molecule has 2 heteroatoms. The Morgan fingerprint density at radius 2 is 2.46 bits per heavy atom. The molecule has 0 amide bonds. The van der Waals surface area contributed by atoms with Crippen molar-refractivity contribution in [2.75, 3.05) is 6.54 Å². The molecule has 2 nitrogen and oxygen atoms in total. The van der Waals surface area contributed by atoms with Crippen molar-refractivity contribution in [3.63, 3.8) is 0 Å². The van der Waals surface area contributed by atoms with Gasteiger partial charge in [-0.3, -0.25) is 4.98 Å². The van der Waals surface area contributed by atoms with Crippen molar-refractivity contribution in [2.24, 2.45) is 0 Å². The van der Waals surface area contributed by atoms with Crippen LogP contribution in [0.25, 0.3) is 0 Å². The SMILES string of the molecule is C=CC(NCC)c1cc(C)ccn1. The predicted octanol–water partition coefficient (Wildman–Crippen LogP) is 2.23. The molecule has 0 spiro atoms. The van der Waals surface area contributed by atoms with Gasteiger partial charge in [0.1, 0.15) is 0 Å². The Bertz CT molecular complexity index is 281. The number of pyridine rings is 1. The quantitative estimate of drug-likeness (QED) is 0.711. The molecule has 70 valence electrons. The van der Waals surface area contributed by atoms with Crippen molar-refractivity contribution in [2.45, 2.75) is 19.9 Å². The van der Waals surface area contributed by atoms with Crippen molar-refractivity contribution in [3.8, 4) is 0 Å². The molecule has 0 aliphatic heterocycles. The number of aryl methyl sites for hydroxylation is 1. The number of aromatic nitrogens is 1. The van der Waals surface area contributed by atoms with Crippen LogP contribution in [0, 0.1) is 6.92 Å². The Labute approximate surface area is 79.7 Å². The molecule has 0 aliphatic carbocycles. The maximum Gasteiger partial charge on any atom is 0.0678 e. The maximum atomic E-state index is 4.30. The Balaban J connectivity index is 2.84. The summed E-state index contributed by atoms with van der Waals surface area (Å²) >= 11 is 0. The second-order valence-corrected chi connectivity index (χ2v) is 3.03. The number of nitrogens with one attached hydrogen (secondary N) is 1. The van der Waals surface area contributed by atoms with Crippen LogP contribution in [0.4, 0.5) is 0 Å². The number of rotatable bonds is 4. The van der Waals surface area contributed by atoms with Crippen molar-refractivity contribution < 1.29 is 0 Å². The van der Waals surface area contributed by atoms with Gasteiger partial charge >= 0.3 is 0 Å². The van der Waals surface area contributed by atoms with Gasteiger partial charge in [0.05, 0.1) is 11.7 Å². The summed E-state index contributed by atoms with van der Waals surface area (Å²) in [6.45, 7) is 8.85. The summed E-state index contributed by atoms with van der Waals surface area (Å²) in [5.74, 6) is 0. The van der Waals surface area contributed by atoms with E-state index < -0.39 is 0 Å². The highest BCUT2D eigenvalue weighted by Crippen LogP contribution is 2.11. The highest BCUT2D eigenvalue weighted by Gasteiger charge is 2.05. The van der Waals surface area contributed by atoms with E-state index in [1.807, 2.05) is 18.3 Å². The van der Waals surface area contributed by atoms with E-state index in [1.54, 1.807) is 0 Å². The van der Waals surface area contributed by atoms with E-state index in [2.05, 4.69) is 36.8 Å². The van der Waals surface area contributed by atoms with E-state index in [1.165, 1.54) is 5.56 Å². The summed E-state index contributed by atoms with van der Waals surface area (Å²) in [6, 6.07) is 4.25. The first-order valence-electron chi connectivity index (χ1n) is 4.56. The highest BCUT2D eigenvalue weighted by molar-refractivity contribution is 5.19. The van der Waals surface area contributed by atoms with E-state index in [9.17, 15) is 0 Å². The zero-order valence-corrected chi connectivity index (χ0v) is 8.25. The smallest absolute Gasteiger partial charge is 0.0678 e. The second-order valence-electron chi connectivity index (χ2n) is 3.03. The summed E-state index contributed by atoms with van der Waals surface area (Å²) in [7, 11) is 0. The first-order chi connectivity index (χ1) is 6.27.